The molecule has 1 amide bonds. The van der Waals surface area contributed by atoms with Crippen molar-refractivity contribution in [1.82, 2.24) is 4.90 Å². The average molecular weight is 388 g/mol. The quantitative estimate of drug-likeness (QED) is 0.612. The van der Waals surface area contributed by atoms with Gasteiger partial charge in [-0.15, -0.1) is 0 Å². The van der Waals surface area contributed by atoms with E-state index in [0.717, 1.165) is 11.1 Å². The van der Waals surface area contributed by atoms with Crippen LogP contribution in [0.2, 0.25) is 0 Å². The normalized spacial score (nSPS) is 20.3. The maximum absolute atomic E-state index is 13.3. The van der Waals surface area contributed by atoms with E-state index < -0.39 is 0 Å². The number of benzene rings is 2. The summed E-state index contributed by atoms with van der Waals surface area (Å²) in [4.78, 5) is 15.3. The number of rotatable bonds is 6. The topological polar surface area (TPSA) is 20.3 Å². The SMILES string of the molecule is CC1(C)[C@H](C(=O)N(Cc2ccccc2)Cc2ccccc2)[C@@H]1C=C(Cl)Cl. The molecular weight excluding hydrogens is 365 g/mol. The Hall–Kier alpha value is -1.77. The van der Waals surface area contributed by atoms with Gasteiger partial charge in [0.2, 0.25) is 5.91 Å². The van der Waals surface area contributed by atoms with Crippen LogP contribution in [0.3, 0.4) is 0 Å². The van der Waals surface area contributed by atoms with E-state index in [-0.39, 0.29) is 27.6 Å². The molecule has 0 radical (unpaired) electrons. The first-order valence-corrected chi connectivity index (χ1v) is 9.54. The summed E-state index contributed by atoms with van der Waals surface area (Å²) in [6.07, 6.45) is 1.80. The van der Waals surface area contributed by atoms with E-state index in [1.54, 1.807) is 6.08 Å². The zero-order valence-electron chi connectivity index (χ0n) is 15.0. The summed E-state index contributed by atoms with van der Waals surface area (Å²) in [5.74, 6) is 0.134. The van der Waals surface area contributed by atoms with Crippen LogP contribution in [0.1, 0.15) is 25.0 Å². The molecule has 26 heavy (non-hydrogen) atoms. The monoisotopic (exact) mass is 387 g/mol. The number of halogens is 2. The largest absolute Gasteiger partial charge is 0.334 e. The van der Waals surface area contributed by atoms with Gasteiger partial charge in [0.1, 0.15) is 4.49 Å². The molecule has 1 aliphatic carbocycles. The van der Waals surface area contributed by atoms with Crippen LogP contribution in [0, 0.1) is 17.3 Å². The fourth-order valence-corrected chi connectivity index (χ4v) is 3.88. The van der Waals surface area contributed by atoms with Crippen molar-refractivity contribution in [2.45, 2.75) is 26.9 Å². The highest BCUT2D eigenvalue weighted by Crippen LogP contribution is 2.60. The lowest BCUT2D eigenvalue weighted by Crippen LogP contribution is -2.32. The van der Waals surface area contributed by atoms with Gasteiger partial charge < -0.3 is 4.90 Å². The molecule has 0 aromatic heterocycles. The summed E-state index contributed by atoms with van der Waals surface area (Å²) < 4.78 is 0.232. The summed E-state index contributed by atoms with van der Waals surface area (Å²) in [5, 5.41) is 0. The molecule has 0 spiro atoms. The second kappa shape index (κ2) is 7.85. The van der Waals surface area contributed by atoms with Gasteiger partial charge in [0.05, 0.1) is 5.92 Å². The van der Waals surface area contributed by atoms with Gasteiger partial charge in [-0.05, 0) is 28.5 Å². The van der Waals surface area contributed by atoms with E-state index in [2.05, 4.69) is 38.1 Å². The van der Waals surface area contributed by atoms with Gasteiger partial charge in [-0.3, -0.25) is 4.79 Å². The maximum atomic E-state index is 13.3. The van der Waals surface area contributed by atoms with Crippen LogP contribution in [0.15, 0.2) is 71.2 Å². The van der Waals surface area contributed by atoms with Gasteiger partial charge in [-0.2, -0.15) is 0 Å². The standard InChI is InChI=1S/C22H23Cl2NO/c1-22(2)18(13-19(23)24)20(22)21(26)25(14-16-9-5-3-6-10-16)15-17-11-7-4-8-12-17/h3-13,18,20H,14-15H2,1-2H3/t18-,20-/m0/s1. The molecule has 2 aromatic rings. The molecule has 1 fully saturated rings. The Morgan fingerprint density at radius 3 is 1.85 bits per heavy atom. The lowest BCUT2D eigenvalue weighted by Gasteiger charge is -2.24. The summed E-state index contributed by atoms with van der Waals surface area (Å²) in [5.41, 5.74) is 2.12. The van der Waals surface area contributed by atoms with Crippen molar-refractivity contribution in [2.75, 3.05) is 0 Å². The smallest absolute Gasteiger partial charge is 0.227 e. The average Bonchev–Trinajstić information content (AvgIpc) is 3.15. The van der Waals surface area contributed by atoms with Crippen molar-refractivity contribution in [3.63, 3.8) is 0 Å². The molecule has 2 nitrogen and oxygen atoms in total. The first-order valence-electron chi connectivity index (χ1n) is 8.79. The maximum Gasteiger partial charge on any atom is 0.227 e. The summed E-state index contributed by atoms with van der Waals surface area (Å²) in [7, 11) is 0. The molecule has 2 aromatic carbocycles. The van der Waals surface area contributed by atoms with Gasteiger partial charge in [0, 0.05) is 13.1 Å². The third-order valence-corrected chi connectivity index (χ3v) is 5.48. The molecule has 1 saturated carbocycles. The second-order valence-electron chi connectivity index (χ2n) is 7.45. The fourth-order valence-electron chi connectivity index (χ4n) is 3.61. The number of hydrogen-bond acceptors (Lipinski definition) is 1. The molecule has 2 atom stereocenters. The Morgan fingerprint density at radius 2 is 1.42 bits per heavy atom. The van der Waals surface area contributed by atoms with Crippen molar-refractivity contribution in [3.05, 3.63) is 82.4 Å². The van der Waals surface area contributed by atoms with Gasteiger partial charge in [0.15, 0.2) is 0 Å². The highest BCUT2D eigenvalue weighted by molar-refractivity contribution is 6.55. The van der Waals surface area contributed by atoms with E-state index in [4.69, 9.17) is 23.2 Å². The summed E-state index contributed by atoms with van der Waals surface area (Å²) in [6, 6.07) is 20.2. The molecule has 3 rings (SSSR count). The molecule has 136 valence electrons. The first kappa shape index (κ1) is 19.0. The summed E-state index contributed by atoms with van der Waals surface area (Å²) >= 11 is 11.7. The molecule has 0 bridgehead atoms. The number of carbonyl (C=O) groups excluding carboxylic acids is 1. The van der Waals surface area contributed by atoms with Gasteiger partial charge >= 0.3 is 0 Å². The van der Waals surface area contributed by atoms with Crippen LogP contribution in [0.4, 0.5) is 0 Å². The van der Waals surface area contributed by atoms with Crippen LogP contribution in [-0.2, 0) is 17.9 Å². The number of amides is 1. The minimum absolute atomic E-state index is 0.0778. The Labute approximate surface area is 165 Å². The highest BCUT2D eigenvalue weighted by Gasteiger charge is 2.61. The van der Waals surface area contributed by atoms with Crippen LogP contribution in [0.25, 0.3) is 0 Å². The van der Waals surface area contributed by atoms with Crippen molar-refractivity contribution in [3.8, 4) is 0 Å². The van der Waals surface area contributed by atoms with E-state index in [1.807, 2.05) is 41.3 Å². The Morgan fingerprint density at radius 1 is 0.962 bits per heavy atom. The van der Waals surface area contributed by atoms with Crippen molar-refractivity contribution < 1.29 is 4.79 Å². The van der Waals surface area contributed by atoms with Crippen molar-refractivity contribution in [1.29, 1.82) is 0 Å². The second-order valence-corrected chi connectivity index (χ2v) is 8.45. The minimum atomic E-state index is -0.127. The molecule has 0 heterocycles. The van der Waals surface area contributed by atoms with Crippen LogP contribution >= 0.6 is 23.2 Å². The van der Waals surface area contributed by atoms with Gasteiger partial charge in [-0.25, -0.2) is 0 Å². The number of carbonyl (C=O) groups is 1. The molecule has 0 aliphatic heterocycles. The lowest BCUT2D eigenvalue weighted by molar-refractivity contribution is -0.134. The fraction of sp³-hybridized carbons (Fsp3) is 0.318. The van der Waals surface area contributed by atoms with Crippen molar-refractivity contribution >= 4 is 29.1 Å². The Bertz CT molecular complexity index is 741. The molecule has 0 unspecified atom stereocenters. The molecule has 0 saturated heterocycles. The van der Waals surface area contributed by atoms with Crippen LogP contribution in [0.5, 0.6) is 0 Å². The molecule has 1 aliphatic rings. The number of hydrogen-bond donors (Lipinski definition) is 0. The van der Waals surface area contributed by atoms with Gasteiger partial charge in [0.25, 0.3) is 0 Å². The zero-order valence-corrected chi connectivity index (χ0v) is 16.5. The minimum Gasteiger partial charge on any atom is -0.334 e. The van der Waals surface area contributed by atoms with Gasteiger partial charge in [-0.1, -0.05) is 97.7 Å². The molecule has 4 heteroatoms. The van der Waals surface area contributed by atoms with E-state index in [0.29, 0.717) is 13.1 Å². The lowest BCUT2D eigenvalue weighted by atomic mass is 10.1. The Kier molecular flexibility index (Phi) is 5.74. The Balaban J connectivity index is 1.83. The third-order valence-electron chi connectivity index (χ3n) is 5.23. The summed E-state index contributed by atoms with van der Waals surface area (Å²) in [6.45, 7) is 5.37. The van der Waals surface area contributed by atoms with E-state index >= 15 is 0 Å². The predicted molar refractivity (Wildman–Crippen MR) is 108 cm³/mol. The predicted octanol–water partition coefficient (Wildman–Crippen LogP) is 5.81. The van der Waals surface area contributed by atoms with Crippen LogP contribution in [-0.4, -0.2) is 10.8 Å². The molecule has 0 N–H and O–H groups in total. The molecular formula is C22H23Cl2NO. The number of allylic oxidation sites excluding steroid dienone is 1. The zero-order chi connectivity index (χ0) is 18.7. The van der Waals surface area contributed by atoms with Crippen molar-refractivity contribution in [2.24, 2.45) is 17.3 Å². The van der Waals surface area contributed by atoms with Crippen LogP contribution < -0.4 is 0 Å². The third kappa shape index (κ3) is 4.31. The highest BCUT2D eigenvalue weighted by atomic mass is 35.5. The van der Waals surface area contributed by atoms with E-state index in [9.17, 15) is 4.79 Å². The number of nitrogens with zero attached hydrogens (tertiary/aromatic N) is 1. The first-order chi connectivity index (χ1) is 12.4. The van der Waals surface area contributed by atoms with E-state index in [1.165, 1.54) is 0 Å².